The van der Waals surface area contributed by atoms with E-state index in [9.17, 15) is 8.42 Å². The molecule has 0 fully saturated rings. The molecule has 3 rings (SSSR count). The van der Waals surface area contributed by atoms with E-state index in [4.69, 9.17) is 0 Å². The van der Waals surface area contributed by atoms with Crippen LogP contribution in [0.4, 0.5) is 0 Å². The summed E-state index contributed by atoms with van der Waals surface area (Å²) < 4.78 is 26.9. The lowest BCUT2D eigenvalue weighted by Crippen LogP contribution is -2.25. The number of hydrogen-bond donors (Lipinski definition) is 0. The Balaban J connectivity index is 1.89. The highest BCUT2D eigenvalue weighted by Gasteiger charge is 2.31. The molecule has 0 aliphatic carbocycles. The normalized spacial score (nSPS) is 15.8. The molecule has 1 aliphatic rings. The maximum atomic E-state index is 12.7. The van der Waals surface area contributed by atoms with Crippen molar-refractivity contribution in [1.82, 2.24) is 14.3 Å². The van der Waals surface area contributed by atoms with E-state index in [1.54, 1.807) is 18.3 Å². The van der Waals surface area contributed by atoms with Gasteiger partial charge in [-0.05, 0) is 23.1 Å². The molecule has 0 saturated heterocycles. The van der Waals surface area contributed by atoms with E-state index < -0.39 is 10.0 Å². The number of rotatable bonds is 2. The number of fused-ring (bicyclic) bond motifs is 1. The van der Waals surface area contributed by atoms with Crippen LogP contribution in [-0.2, 0) is 28.5 Å². The zero-order chi connectivity index (χ0) is 16.0. The van der Waals surface area contributed by atoms with Gasteiger partial charge in [-0.2, -0.15) is 4.31 Å². The molecule has 116 valence electrons. The van der Waals surface area contributed by atoms with Crippen LogP contribution < -0.4 is 0 Å². The summed E-state index contributed by atoms with van der Waals surface area (Å²) in [5.74, 6) is 0. The minimum atomic E-state index is -3.50. The maximum absolute atomic E-state index is 12.7. The van der Waals surface area contributed by atoms with Gasteiger partial charge in [0.25, 0.3) is 0 Å². The van der Waals surface area contributed by atoms with Gasteiger partial charge in [-0.3, -0.25) is 0 Å². The lowest BCUT2D eigenvalue weighted by molar-refractivity contribution is 0.429. The van der Waals surface area contributed by atoms with Crippen LogP contribution in [-0.4, -0.2) is 22.7 Å². The fraction of sp³-hybridized carbons (Fsp3) is 0.375. The van der Waals surface area contributed by atoms with Crippen LogP contribution in [0, 0.1) is 0 Å². The molecule has 2 heterocycles. The predicted molar refractivity (Wildman–Crippen MR) is 83.6 cm³/mol. The number of nitrogens with zero attached hydrogens (tertiary/aromatic N) is 3. The Bertz CT molecular complexity index is 768. The molecule has 0 spiro atoms. The van der Waals surface area contributed by atoms with Crippen molar-refractivity contribution in [1.29, 1.82) is 0 Å². The average molecular weight is 317 g/mol. The van der Waals surface area contributed by atoms with Crippen molar-refractivity contribution in [2.24, 2.45) is 0 Å². The van der Waals surface area contributed by atoms with Crippen molar-refractivity contribution in [3.05, 3.63) is 53.6 Å². The SMILES string of the molecule is CC(C)(C)c1ccc(S(=O)(=O)N2Cc3cncnc3C2)cc1. The van der Waals surface area contributed by atoms with Gasteiger partial charge < -0.3 is 0 Å². The second-order valence-electron chi connectivity index (χ2n) is 6.54. The van der Waals surface area contributed by atoms with Gasteiger partial charge >= 0.3 is 0 Å². The minimum absolute atomic E-state index is 0.00175. The van der Waals surface area contributed by atoms with Crippen LogP contribution in [0.2, 0.25) is 0 Å². The van der Waals surface area contributed by atoms with E-state index >= 15 is 0 Å². The third-order valence-corrected chi connectivity index (χ3v) is 5.72. The molecule has 22 heavy (non-hydrogen) atoms. The summed E-state index contributed by atoms with van der Waals surface area (Å²) in [6, 6.07) is 7.14. The Morgan fingerprint density at radius 3 is 2.36 bits per heavy atom. The molecule has 1 aromatic carbocycles. The Hall–Kier alpha value is -1.79. The number of hydrogen-bond acceptors (Lipinski definition) is 4. The summed E-state index contributed by atoms with van der Waals surface area (Å²) in [7, 11) is -3.50. The first-order valence-corrected chi connectivity index (χ1v) is 8.61. The van der Waals surface area contributed by atoms with Crippen molar-refractivity contribution in [3.8, 4) is 0 Å². The minimum Gasteiger partial charge on any atom is -0.244 e. The zero-order valence-electron chi connectivity index (χ0n) is 12.9. The monoisotopic (exact) mass is 317 g/mol. The summed E-state index contributed by atoms with van der Waals surface area (Å²) in [6.07, 6.45) is 3.13. The van der Waals surface area contributed by atoms with Gasteiger partial charge in [0.15, 0.2) is 0 Å². The van der Waals surface area contributed by atoms with Crippen LogP contribution in [0.1, 0.15) is 37.6 Å². The molecule has 0 bridgehead atoms. The van der Waals surface area contributed by atoms with Crippen molar-refractivity contribution in [2.45, 2.75) is 44.2 Å². The third kappa shape index (κ3) is 2.64. The van der Waals surface area contributed by atoms with Gasteiger partial charge in [0.1, 0.15) is 6.33 Å². The average Bonchev–Trinajstić information content (AvgIpc) is 2.91. The van der Waals surface area contributed by atoms with Gasteiger partial charge in [-0.15, -0.1) is 0 Å². The maximum Gasteiger partial charge on any atom is 0.243 e. The van der Waals surface area contributed by atoms with Crippen LogP contribution in [0.25, 0.3) is 0 Å². The smallest absolute Gasteiger partial charge is 0.243 e. The van der Waals surface area contributed by atoms with Gasteiger partial charge in [0.2, 0.25) is 10.0 Å². The highest BCUT2D eigenvalue weighted by Crippen LogP contribution is 2.28. The van der Waals surface area contributed by atoms with Crippen molar-refractivity contribution in [3.63, 3.8) is 0 Å². The number of aromatic nitrogens is 2. The Morgan fingerprint density at radius 1 is 1.09 bits per heavy atom. The molecule has 5 nitrogen and oxygen atoms in total. The van der Waals surface area contributed by atoms with E-state index in [0.29, 0.717) is 18.0 Å². The quantitative estimate of drug-likeness (QED) is 0.853. The highest BCUT2D eigenvalue weighted by molar-refractivity contribution is 7.89. The molecule has 0 amide bonds. The lowest BCUT2D eigenvalue weighted by Gasteiger charge is -2.20. The summed E-state index contributed by atoms with van der Waals surface area (Å²) in [5.41, 5.74) is 2.77. The van der Waals surface area contributed by atoms with E-state index in [0.717, 1.165) is 16.8 Å². The first-order chi connectivity index (χ1) is 10.3. The largest absolute Gasteiger partial charge is 0.244 e. The highest BCUT2D eigenvalue weighted by atomic mass is 32.2. The standard InChI is InChI=1S/C16H19N3O2S/c1-16(2,3)13-4-6-14(7-5-13)22(20,21)19-9-12-8-17-11-18-15(12)10-19/h4-8,11H,9-10H2,1-3H3. The van der Waals surface area contributed by atoms with Gasteiger partial charge in [0, 0.05) is 18.3 Å². The van der Waals surface area contributed by atoms with Gasteiger partial charge in [-0.25, -0.2) is 18.4 Å². The lowest BCUT2D eigenvalue weighted by atomic mass is 9.87. The Labute approximate surface area is 131 Å². The molecule has 6 heteroatoms. The predicted octanol–water partition coefficient (Wildman–Crippen LogP) is 2.48. The topological polar surface area (TPSA) is 63.2 Å². The molecule has 0 saturated carbocycles. The Kier molecular flexibility index (Phi) is 3.53. The molecular weight excluding hydrogens is 298 g/mol. The fourth-order valence-electron chi connectivity index (χ4n) is 2.52. The second-order valence-corrected chi connectivity index (χ2v) is 8.48. The van der Waals surface area contributed by atoms with E-state index in [2.05, 4.69) is 30.7 Å². The van der Waals surface area contributed by atoms with E-state index in [1.165, 1.54) is 10.6 Å². The summed E-state index contributed by atoms with van der Waals surface area (Å²) in [4.78, 5) is 8.42. The van der Waals surface area contributed by atoms with Crippen molar-refractivity contribution < 1.29 is 8.42 Å². The summed E-state index contributed by atoms with van der Waals surface area (Å²) >= 11 is 0. The number of benzene rings is 1. The molecule has 0 unspecified atom stereocenters. The third-order valence-electron chi connectivity index (χ3n) is 3.91. The first kappa shape index (κ1) is 15.1. The van der Waals surface area contributed by atoms with Crippen LogP contribution in [0.15, 0.2) is 41.7 Å². The summed E-state index contributed by atoms with van der Waals surface area (Å²) in [5, 5.41) is 0. The van der Waals surface area contributed by atoms with Gasteiger partial charge in [-0.1, -0.05) is 32.9 Å². The molecule has 1 aliphatic heterocycles. The first-order valence-electron chi connectivity index (χ1n) is 7.17. The molecular formula is C16H19N3O2S. The van der Waals surface area contributed by atoms with Crippen LogP contribution in [0.3, 0.4) is 0 Å². The second kappa shape index (κ2) is 5.14. The molecule has 1 aromatic heterocycles. The fourth-order valence-corrected chi connectivity index (χ4v) is 3.90. The van der Waals surface area contributed by atoms with Crippen LogP contribution >= 0.6 is 0 Å². The molecule has 0 atom stereocenters. The Morgan fingerprint density at radius 2 is 1.77 bits per heavy atom. The molecule has 0 radical (unpaired) electrons. The van der Waals surface area contributed by atoms with E-state index in [1.807, 2.05) is 12.1 Å². The zero-order valence-corrected chi connectivity index (χ0v) is 13.8. The van der Waals surface area contributed by atoms with Crippen molar-refractivity contribution >= 4 is 10.0 Å². The van der Waals surface area contributed by atoms with E-state index in [-0.39, 0.29) is 5.41 Å². The molecule has 2 aromatic rings. The van der Waals surface area contributed by atoms with Crippen LogP contribution in [0.5, 0.6) is 0 Å². The summed E-state index contributed by atoms with van der Waals surface area (Å²) in [6.45, 7) is 6.95. The van der Waals surface area contributed by atoms with Gasteiger partial charge in [0.05, 0.1) is 17.1 Å². The molecule has 0 N–H and O–H groups in total. The van der Waals surface area contributed by atoms with Crippen molar-refractivity contribution in [2.75, 3.05) is 0 Å². The number of sulfonamides is 1.